The molecule has 0 bridgehead atoms. The van der Waals surface area contributed by atoms with Gasteiger partial charge in [0.2, 0.25) is 17.5 Å². The van der Waals surface area contributed by atoms with Crippen LogP contribution in [0.3, 0.4) is 0 Å². The SMILES string of the molecule is COc1cc(O)c2c(=O)c(O[C@@H]3O[C@H](CO)[C@@H](O)[C@H](O)[C@H]3O[C@@H]3OC[C@](O)(CO[C@@H]4O[C@H](CO)[C@@H](O)[C@H](O)[C@H]4O)[C@H]3O)c(-c3ccc(O)c(O)c3)oc2c1. The number of phenols is 3. The highest BCUT2D eigenvalue weighted by Gasteiger charge is 2.55. The van der Waals surface area contributed by atoms with Crippen molar-refractivity contribution in [2.24, 2.45) is 0 Å². The molecule has 13 atom stereocenters. The van der Waals surface area contributed by atoms with Gasteiger partial charge in [-0.05, 0) is 18.2 Å². The van der Waals surface area contributed by atoms with Crippen LogP contribution in [0.5, 0.6) is 28.7 Å². The Morgan fingerprint density at radius 3 is 2.11 bits per heavy atom. The number of aliphatic hydroxyl groups excluding tert-OH is 8. The lowest BCUT2D eigenvalue weighted by Gasteiger charge is -2.42. The first-order valence-corrected chi connectivity index (χ1v) is 16.4. The molecule has 54 heavy (non-hydrogen) atoms. The molecular weight excluding hydrogens is 732 g/mol. The van der Waals surface area contributed by atoms with Gasteiger partial charge in [0.05, 0.1) is 33.5 Å². The summed E-state index contributed by atoms with van der Waals surface area (Å²) in [6, 6.07) is 5.73. The minimum absolute atomic E-state index is 0.0480. The van der Waals surface area contributed by atoms with Crippen molar-refractivity contribution in [2.45, 2.75) is 79.4 Å². The summed E-state index contributed by atoms with van der Waals surface area (Å²) in [5, 5.41) is 124. The molecule has 0 spiro atoms. The van der Waals surface area contributed by atoms with Gasteiger partial charge in [0.15, 0.2) is 35.9 Å². The molecule has 3 aromatic rings. The Hall–Kier alpha value is -3.91. The van der Waals surface area contributed by atoms with Crippen LogP contribution in [0.4, 0.5) is 0 Å². The number of aliphatic hydroxyl groups is 9. The van der Waals surface area contributed by atoms with Crippen LogP contribution in [0.2, 0.25) is 0 Å². The first-order valence-electron chi connectivity index (χ1n) is 16.4. The highest BCUT2D eigenvalue weighted by Crippen LogP contribution is 2.40. The summed E-state index contributed by atoms with van der Waals surface area (Å²) in [5.74, 6) is -2.78. The molecule has 3 saturated heterocycles. The van der Waals surface area contributed by atoms with Crippen molar-refractivity contribution in [1.29, 1.82) is 0 Å². The van der Waals surface area contributed by atoms with Crippen LogP contribution in [0.1, 0.15) is 0 Å². The fourth-order valence-corrected chi connectivity index (χ4v) is 6.23. The topological polar surface area (TPSA) is 338 Å². The maximum atomic E-state index is 14.0. The second kappa shape index (κ2) is 15.7. The number of ether oxygens (including phenoxy) is 7. The van der Waals surface area contributed by atoms with E-state index in [0.29, 0.717) is 0 Å². The molecular formula is C33H40O21. The van der Waals surface area contributed by atoms with Crippen LogP contribution in [0.25, 0.3) is 22.3 Å². The maximum absolute atomic E-state index is 14.0. The third kappa shape index (κ3) is 7.27. The van der Waals surface area contributed by atoms with E-state index in [2.05, 4.69) is 0 Å². The summed E-state index contributed by atoms with van der Waals surface area (Å²) >= 11 is 0. The first kappa shape index (κ1) is 39.8. The van der Waals surface area contributed by atoms with Gasteiger partial charge in [0.25, 0.3) is 0 Å². The van der Waals surface area contributed by atoms with Gasteiger partial charge in [0, 0.05) is 17.7 Å². The Bertz CT molecular complexity index is 1850. The average molecular weight is 773 g/mol. The van der Waals surface area contributed by atoms with Crippen LogP contribution in [0.15, 0.2) is 39.5 Å². The number of aromatic hydroxyl groups is 3. The van der Waals surface area contributed by atoms with Crippen molar-refractivity contribution in [3.63, 3.8) is 0 Å². The zero-order chi connectivity index (χ0) is 39.2. The van der Waals surface area contributed by atoms with Gasteiger partial charge in [-0.15, -0.1) is 0 Å². The summed E-state index contributed by atoms with van der Waals surface area (Å²) in [5.41, 5.74) is -3.61. The molecule has 4 heterocycles. The number of hydrogen-bond acceptors (Lipinski definition) is 21. The monoisotopic (exact) mass is 772 g/mol. The van der Waals surface area contributed by atoms with E-state index < -0.39 is 145 Å². The van der Waals surface area contributed by atoms with Gasteiger partial charge in [-0.3, -0.25) is 4.79 Å². The first-order chi connectivity index (χ1) is 25.6. The lowest BCUT2D eigenvalue weighted by atomic mass is 9.97. The Labute approximate surface area is 303 Å². The molecule has 2 aromatic carbocycles. The van der Waals surface area contributed by atoms with E-state index in [9.17, 15) is 66.1 Å². The molecule has 21 nitrogen and oxygen atoms in total. The van der Waals surface area contributed by atoms with Crippen molar-refractivity contribution >= 4 is 11.0 Å². The number of hydrogen-bond donors (Lipinski definition) is 12. The van der Waals surface area contributed by atoms with Crippen molar-refractivity contribution in [2.75, 3.05) is 33.5 Å². The second-order valence-electron chi connectivity index (χ2n) is 13.0. The molecule has 0 amide bonds. The molecule has 3 aliphatic rings. The second-order valence-corrected chi connectivity index (χ2v) is 13.0. The van der Waals surface area contributed by atoms with E-state index in [1.165, 1.54) is 19.2 Å². The molecule has 0 saturated carbocycles. The third-order valence-corrected chi connectivity index (χ3v) is 9.38. The highest BCUT2D eigenvalue weighted by atomic mass is 16.8. The van der Waals surface area contributed by atoms with Crippen LogP contribution in [-0.2, 0) is 23.7 Å². The number of benzene rings is 2. The predicted molar refractivity (Wildman–Crippen MR) is 173 cm³/mol. The molecule has 0 unspecified atom stereocenters. The minimum atomic E-state index is -2.32. The number of fused-ring (bicyclic) bond motifs is 1. The molecule has 0 aliphatic carbocycles. The molecule has 12 N–H and O–H groups in total. The largest absolute Gasteiger partial charge is 0.507 e. The summed E-state index contributed by atoms with van der Waals surface area (Å²) < 4.78 is 44.6. The van der Waals surface area contributed by atoms with Gasteiger partial charge in [-0.2, -0.15) is 0 Å². The molecule has 3 fully saturated rings. The molecule has 3 aliphatic heterocycles. The van der Waals surface area contributed by atoms with Gasteiger partial charge < -0.3 is 98.9 Å². The normalized spacial score (nSPS) is 35.7. The van der Waals surface area contributed by atoms with E-state index >= 15 is 0 Å². The molecule has 298 valence electrons. The lowest BCUT2D eigenvalue weighted by molar-refractivity contribution is -0.321. The number of phenolic OH excluding ortho intramolecular Hbond substituents is 3. The Kier molecular flexibility index (Phi) is 11.5. The quantitative estimate of drug-likeness (QED) is 0.0828. The van der Waals surface area contributed by atoms with Crippen molar-refractivity contribution in [3.05, 3.63) is 40.6 Å². The van der Waals surface area contributed by atoms with E-state index in [4.69, 9.17) is 37.6 Å². The van der Waals surface area contributed by atoms with Gasteiger partial charge in [-0.1, -0.05) is 0 Å². The van der Waals surface area contributed by atoms with Crippen molar-refractivity contribution in [3.8, 4) is 40.1 Å². The number of methoxy groups -OCH3 is 1. The van der Waals surface area contributed by atoms with E-state index in [0.717, 1.165) is 18.2 Å². The highest BCUT2D eigenvalue weighted by molar-refractivity contribution is 5.88. The Morgan fingerprint density at radius 1 is 0.796 bits per heavy atom. The number of rotatable bonds is 11. The molecule has 1 aromatic heterocycles. The van der Waals surface area contributed by atoms with Crippen molar-refractivity contribution in [1.82, 2.24) is 0 Å². The van der Waals surface area contributed by atoms with E-state index in [1.54, 1.807) is 0 Å². The van der Waals surface area contributed by atoms with Gasteiger partial charge in [0.1, 0.15) is 76.9 Å². The smallest absolute Gasteiger partial charge is 0.239 e. The Morgan fingerprint density at radius 2 is 1.46 bits per heavy atom. The predicted octanol–water partition coefficient (Wildman–Crippen LogP) is -3.95. The minimum Gasteiger partial charge on any atom is -0.507 e. The maximum Gasteiger partial charge on any atom is 0.239 e. The van der Waals surface area contributed by atoms with Gasteiger partial charge in [-0.25, -0.2) is 0 Å². The third-order valence-electron chi connectivity index (χ3n) is 9.38. The zero-order valence-corrected chi connectivity index (χ0v) is 28.2. The molecule has 0 radical (unpaired) electrons. The fourth-order valence-electron chi connectivity index (χ4n) is 6.23. The van der Waals surface area contributed by atoms with E-state index in [-0.39, 0.29) is 16.9 Å². The Balaban J connectivity index is 1.30. The van der Waals surface area contributed by atoms with Crippen LogP contribution in [-0.4, -0.2) is 174 Å². The van der Waals surface area contributed by atoms with Crippen molar-refractivity contribution < 1.29 is 98.9 Å². The average Bonchev–Trinajstić information content (AvgIpc) is 3.43. The fraction of sp³-hybridized carbons (Fsp3) is 0.545. The summed E-state index contributed by atoms with van der Waals surface area (Å²) in [6.45, 7) is -3.19. The van der Waals surface area contributed by atoms with Crippen LogP contribution < -0.4 is 14.9 Å². The summed E-state index contributed by atoms with van der Waals surface area (Å²) in [4.78, 5) is 14.0. The summed E-state index contributed by atoms with van der Waals surface area (Å²) in [7, 11) is 1.30. The standard InChI is InChI=1S/C33H40O21/c1-47-12-5-15(38)19-16(6-12)50-26(11-2-3-13(36)14(37)4-11)27(22(19)41)53-31-28(24(43)21(40)18(8-35)52-31)54-32-29(45)33(46,10-49-32)9-48-30-25(44)23(42)20(39)17(7-34)51-30/h2-6,17-18,20-21,23-25,28-32,34-40,42-46H,7-10H2,1H3/t17-,18-,20-,21-,23+,24+,25-,28-,29+,30-,31+,32+,33-/m1/s1. The van der Waals surface area contributed by atoms with Crippen LogP contribution >= 0.6 is 0 Å². The lowest BCUT2D eigenvalue weighted by Crippen LogP contribution is -2.62. The van der Waals surface area contributed by atoms with E-state index in [1.807, 2.05) is 0 Å². The van der Waals surface area contributed by atoms with Gasteiger partial charge >= 0.3 is 0 Å². The molecule has 6 rings (SSSR count). The van der Waals surface area contributed by atoms with Crippen LogP contribution in [0, 0.1) is 0 Å². The zero-order valence-electron chi connectivity index (χ0n) is 28.2. The molecule has 21 heteroatoms. The summed E-state index contributed by atoms with van der Waals surface area (Å²) in [6.07, 6.45) is -21.5.